The Hall–Kier alpha value is -12.1. The monoisotopic (exact) mass is 1520 g/mol. The number of Topliss-reactive ketones (excluding diaryl/α,β-unsaturated/α-hetero) is 4. The summed E-state index contributed by atoms with van der Waals surface area (Å²) in [6.45, 7) is 0.615. The predicted octanol–water partition coefficient (Wildman–Crippen LogP) is 20.5. The summed E-state index contributed by atoms with van der Waals surface area (Å²) in [5.74, 6) is 1.11. The topological polar surface area (TPSA) is 295 Å². The molecule has 16 rings (SSSR count). The van der Waals surface area contributed by atoms with Gasteiger partial charge in [0, 0.05) is 98.4 Å². The van der Waals surface area contributed by atoms with Crippen LogP contribution in [0.25, 0.3) is 97.0 Å². The Labute approximate surface area is 634 Å². The predicted molar refractivity (Wildman–Crippen MR) is 420 cm³/mol. The van der Waals surface area contributed by atoms with E-state index in [2.05, 4.69) is 9.47 Å². The van der Waals surface area contributed by atoms with Crippen LogP contribution in [0.1, 0.15) is 114 Å². The minimum Gasteiger partial charge on any atom is -0.508 e. The molecule has 12 aromatic rings. The van der Waals surface area contributed by atoms with Crippen molar-refractivity contribution in [1.82, 2.24) is 0 Å². The van der Waals surface area contributed by atoms with Gasteiger partial charge in [-0.25, -0.2) is 9.59 Å². The molecule has 4 saturated carbocycles. The van der Waals surface area contributed by atoms with Gasteiger partial charge in [-0.15, -0.1) is 45.3 Å². The molecule has 0 bridgehead atoms. The van der Waals surface area contributed by atoms with Crippen molar-refractivity contribution in [3.63, 3.8) is 0 Å². The normalized spacial score (nSPS) is 14.1. The van der Waals surface area contributed by atoms with E-state index >= 15 is 0 Å². The minimum absolute atomic E-state index is 0.100. The zero-order chi connectivity index (χ0) is 75.5. The number of fused-ring (bicyclic) bond motifs is 4. The average Bonchev–Trinajstić information content (AvgIpc) is 1.63. The molecule has 22 heteroatoms. The Morgan fingerprint density at radius 2 is 0.593 bits per heavy atom. The summed E-state index contributed by atoms with van der Waals surface area (Å²) >= 11 is 5.73. The fourth-order valence-corrected chi connectivity index (χ4v) is 17.7. The van der Waals surface area contributed by atoms with E-state index in [-0.39, 0.29) is 69.8 Å². The lowest BCUT2D eigenvalue weighted by Gasteiger charge is -2.23. The van der Waals surface area contributed by atoms with Crippen LogP contribution >= 0.6 is 45.3 Å². The molecular weight excluding hydrogens is 1450 g/mol. The van der Waals surface area contributed by atoms with Crippen molar-refractivity contribution in [3.05, 3.63) is 238 Å². The molecule has 0 atom stereocenters. The molecule has 0 radical (unpaired) electrons. The van der Waals surface area contributed by atoms with Gasteiger partial charge >= 0.3 is 11.9 Å². The minimum atomic E-state index is -0.991. The molecule has 108 heavy (non-hydrogen) atoms. The molecule has 6 N–H and O–H groups in total. The molecule has 0 unspecified atom stereocenters. The fraction of sp³-hybridized carbons (Fsp3) is 0.163. The second-order valence-electron chi connectivity index (χ2n) is 26.1. The number of ketones is 4. The van der Waals surface area contributed by atoms with Gasteiger partial charge in [-0.05, 0) is 194 Å². The van der Waals surface area contributed by atoms with Gasteiger partial charge < -0.3 is 49.6 Å². The molecule has 4 aromatic heterocycles. The summed E-state index contributed by atoms with van der Waals surface area (Å²) in [7, 11) is 0. The summed E-state index contributed by atoms with van der Waals surface area (Å²) in [4.78, 5) is 96.1. The van der Waals surface area contributed by atoms with Gasteiger partial charge in [0.05, 0.1) is 19.5 Å². The molecule has 4 aliphatic carbocycles. The van der Waals surface area contributed by atoms with Gasteiger partial charge in [0.15, 0.2) is 23.1 Å². The van der Waals surface area contributed by atoms with Crippen LogP contribution in [0.3, 0.4) is 0 Å². The number of thiophene rings is 4. The van der Waals surface area contributed by atoms with Gasteiger partial charge in [-0.1, -0.05) is 85.6 Å². The van der Waals surface area contributed by atoms with Gasteiger partial charge in [0.1, 0.15) is 59.5 Å². The Morgan fingerprint density at radius 3 is 0.824 bits per heavy atom. The zero-order valence-electron chi connectivity index (χ0n) is 57.5. The molecule has 0 aliphatic heterocycles. The van der Waals surface area contributed by atoms with Crippen LogP contribution < -0.4 is 9.47 Å². The van der Waals surface area contributed by atoms with Gasteiger partial charge in [0.25, 0.3) is 12.9 Å². The lowest BCUT2D eigenvalue weighted by atomic mass is 9.80. The maximum atomic E-state index is 13.0. The number of carboxylic acids is 2. The van der Waals surface area contributed by atoms with E-state index in [0.29, 0.717) is 24.4 Å². The maximum Gasteiger partial charge on any atom is 0.328 e. The highest BCUT2D eigenvalue weighted by Crippen LogP contribution is 2.49. The van der Waals surface area contributed by atoms with E-state index in [1.165, 1.54) is 70.0 Å². The standard InChI is InChI=1S/C22H18O5S.C22H18O4S.C21H16O5S.C21H16O4S/c23-13-26-10-11-27-17-7-4-14(5-8-17)20-18-9-6-16(24)12-19(18)28-22(20)21(25)15-2-1-3-15;23-16-9-10-17-18(12-16)27-22(21(26)15-2-1-3-15)20(17)14-7-4-13(5-8-14)6-11-19(24)25;22-12-25-9-10-26-16-6-3-13(4-7-16)19-17-8-5-15(23)11-18(17)27-21(19)20(24)14-1-2-14;22-15-8-9-16-17(11-15)26-21(20(25)14-6-7-14)19(16)13-4-1-12(2-5-13)3-10-18(23)24/h4-13,15,24H,1-3H2;4-12,15,23H,1-3H2,(H,24,25);3-12,14,23H,1-2H2;1-5,8-11,14,22H,6-7H2,(H,23,24)/b11-10+;11-6+;10-9+;10-3+. The van der Waals surface area contributed by atoms with E-state index < -0.39 is 11.9 Å². The highest BCUT2D eigenvalue weighted by atomic mass is 32.1. The van der Waals surface area contributed by atoms with Crippen LogP contribution in [-0.4, -0.2) is 78.7 Å². The van der Waals surface area contributed by atoms with E-state index in [1.807, 2.05) is 97.1 Å². The molecule has 18 nitrogen and oxygen atoms in total. The second-order valence-corrected chi connectivity index (χ2v) is 30.3. The quantitative estimate of drug-likeness (QED) is 0.0142. The number of carboxylic acid groups (broad SMARTS) is 2. The number of phenols is 4. The number of carbonyl (C=O) groups is 8. The summed E-state index contributed by atoms with van der Waals surface area (Å²) < 4.78 is 23.1. The highest BCUT2D eigenvalue weighted by molar-refractivity contribution is 7.23. The van der Waals surface area contributed by atoms with Crippen molar-refractivity contribution in [2.24, 2.45) is 23.7 Å². The fourth-order valence-electron chi connectivity index (χ4n) is 12.6. The number of ether oxygens (including phenoxy) is 4. The maximum absolute atomic E-state index is 13.0. The number of rotatable bonds is 24. The van der Waals surface area contributed by atoms with Crippen molar-refractivity contribution in [2.75, 3.05) is 0 Å². The molecular formula is C86H68O18S4. The highest BCUT2D eigenvalue weighted by Gasteiger charge is 2.36. The third-order valence-corrected chi connectivity index (χ3v) is 23.4. The van der Waals surface area contributed by atoms with Crippen molar-refractivity contribution >= 4 is 146 Å². The Balaban J connectivity index is 0.000000127. The van der Waals surface area contributed by atoms with Gasteiger partial charge in [-0.2, -0.15) is 0 Å². The van der Waals surface area contributed by atoms with Crippen molar-refractivity contribution in [2.45, 2.75) is 64.2 Å². The lowest BCUT2D eigenvalue weighted by Crippen LogP contribution is -2.21. The number of benzene rings is 8. The molecule has 4 aliphatic rings. The Morgan fingerprint density at radius 1 is 0.333 bits per heavy atom. The van der Waals surface area contributed by atoms with Crippen LogP contribution in [-0.2, 0) is 28.7 Å². The van der Waals surface area contributed by atoms with Crippen molar-refractivity contribution in [1.29, 1.82) is 0 Å². The van der Waals surface area contributed by atoms with Gasteiger partial charge in [-0.3, -0.25) is 28.8 Å². The number of carbonyl (C=O) groups excluding carboxylic acids is 6. The second kappa shape index (κ2) is 33.6. The first-order valence-electron chi connectivity index (χ1n) is 34.6. The summed E-state index contributed by atoms with van der Waals surface area (Å²) in [6, 6.07) is 50.5. The number of hydrogen-bond acceptors (Lipinski definition) is 20. The van der Waals surface area contributed by atoms with E-state index in [1.54, 1.807) is 72.8 Å². The Kier molecular flexibility index (Phi) is 23.1. The first-order valence-corrected chi connectivity index (χ1v) is 37.9. The third kappa shape index (κ3) is 17.4. The average molecular weight is 1520 g/mol. The number of aliphatic carboxylic acids is 2. The number of phenolic OH excluding ortho intramolecular Hbond substituents is 4. The molecule has 0 amide bonds. The molecule has 0 spiro atoms. The zero-order valence-corrected chi connectivity index (χ0v) is 60.8. The van der Waals surface area contributed by atoms with Crippen LogP contribution in [0.5, 0.6) is 34.5 Å². The van der Waals surface area contributed by atoms with E-state index in [9.17, 15) is 58.8 Å². The van der Waals surface area contributed by atoms with Crippen molar-refractivity contribution < 1.29 is 87.9 Å². The van der Waals surface area contributed by atoms with Crippen LogP contribution in [0, 0.1) is 23.7 Å². The number of hydrogen-bond donors (Lipinski definition) is 6. The summed E-state index contributed by atoms with van der Waals surface area (Å²) in [5.41, 5.74) is 8.84. The van der Waals surface area contributed by atoms with E-state index in [4.69, 9.17) is 19.7 Å². The van der Waals surface area contributed by atoms with Crippen LogP contribution in [0.15, 0.2) is 207 Å². The Bertz CT molecular complexity index is 5540. The summed E-state index contributed by atoms with van der Waals surface area (Å²) in [6.07, 6.45) is 19.9. The first-order chi connectivity index (χ1) is 52.4. The van der Waals surface area contributed by atoms with Crippen molar-refractivity contribution in [3.8, 4) is 79.0 Å². The molecule has 4 heterocycles. The molecule has 8 aromatic carbocycles. The lowest BCUT2D eigenvalue weighted by molar-refractivity contribution is -0.132. The first kappa shape index (κ1) is 74.2. The van der Waals surface area contributed by atoms with E-state index in [0.717, 1.165) is 204 Å². The largest absolute Gasteiger partial charge is 0.508 e. The van der Waals surface area contributed by atoms with Crippen LogP contribution in [0.4, 0.5) is 0 Å². The number of aromatic hydroxyl groups is 4. The third-order valence-electron chi connectivity index (χ3n) is 18.7. The SMILES string of the molecule is O=C(O)/C=C/c1ccc(-c2c(C(=O)C3CC3)sc3cc(O)ccc23)cc1.O=C(O)/C=C/c1ccc(-c2c(C(=O)C3CCC3)sc3cc(O)ccc23)cc1.O=CO/C=C/Oc1ccc(-c2c(C(=O)C3CC3)sc3cc(O)ccc23)cc1.O=CO/C=C/Oc1ccc(-c2c(C(=O)C3CCC3)sc3cc(O)ccc23)cc1. The molecule has 544 valence electrons. The molecule has 4 fully saturated rings. The smallest absolute Gasteiger partial charge is 0.328 e. The van der Waals surface area contributed by atoms with Crippen LogP contribution in [0.2, 0.25) is 0 Å². The molecule has 0 saturated heterocycles. The summed E-state index contributed by atoms with van der Waals surface area (Å²) in [5, 5.41) is 60.5. The van der Waals surface area contributed by atoms with Gasteiger partial charge in [0.2, 0.25) is 0 Å².